The van der Waals surface area contributed by atoms with E-state index < -0.39 is 92.5 Å². The highest BCUT2D eigenvalue weighted by molar-refractivity contribution is 7.81. The van der Waals surface area contributed by atoms with Crippen LogP contribution in [0.25, 0.3) is 10.4 Å². The molecule has 2 fully saturated rings. The number of hydrogen-bond donors (Lipinski definition) is 3. The standard InChI is InChI=1S/C55H59F5N8O8S2/c1-32-45(78-31-64-32)34-13-11-33(12-14-34)28-62-48(71)42-26-38(69)30-66(42)50(72)46(53(2,3)4)65-47(70)35-15-18-39(19-16-35)75-24-10-22-74-21-8-7-9-23-76-49-40(56)25-37(29-63-49)68-52(77)67(51(73)54(68,5)6)41-20-17-36(27-61)43(44(41)57)55(58,59)60/h11-20,25,29,31,38,42,46,69H,7-10,21-24,26,28,30H2,1-6H3,(H,62,71)(H,65,70)/t38-,42+,46-/m1/s1. The number of ether oxygens (including phenoxy) is 3. The Bertz CT molecular complexity index is 3050. The molecule has 0 spiro atoms. The van der Waals surface area contributed by atoms with E-state index in [1.165, 1.54) is 31.0 Å². The molecule has 0 unspecified atom stereocenters. The van der Waals surface area contributed by atoms with Crippen LogP contribution in [-0.2, 0) is 31.8 Å². The quantitative estimate of drug-likeness (QED) is 0.0358. The van der Waals surface area contributed by atoms with E-state index in [9.17, 15) is 37.5 Å². The van der Waals surface area contributed by atoms with Gasteiger partial charge in [-0.15, -0.1) is 11.3 Å². The van der Waals surface area contributed by atoms with Gasteiger partial charge in [-0.25, -0.2) is 18.7 Å². The van der Waals surface area contributed by atoms with E-state index in [0.717, 1.165) is 44.8 Å². The van der Waals surface area contributed by atoms with E-state index in [4.69, 9.17) is 31.7 Å². The number of anilines is 2. The summed E-state index contributed by atoms with van der Waals surface area (Å²) in [4.78, 5) is 67.2. The molecular formula is C55H59F5N8O8S2. The Labute approximate surface area is 457 Å². The number of nitriles is 1. The van der Waals surface area contributed by atoms with Crippen molar-refractivity contribution < 1.29 is 60.4 Å². The summed E-state index contributed by atoms with van der Waals surface area (Å²) >= 11 is 6.97. The predicted octanol–water partition coefficient (Wildman–Crippen LogP) is 9.06. The number of nitrogens with one attached hydrogen (secondary N) is 2. The van der Waals surface area contributed by atoms with Gasteiger partial charge >= 0.3 is 6.18 Å². The average Bonchev–Trinajstić information content (AvgIpc) is 4.29. The lowest BCUT2D eigenvalue weighted by Gasteiger charge is -2.35. The normalized spacial score (nSPS) is 16.8. The fourth-order valence-electron chi connectivity index (χ4n) is 8.99. The van der Waals surface area contributed by atoms with Gasteiger partial charge in [0, 0.05) is 50.8 Å². The Morgan fingerprint density at radius 3 is 2.27 bits per heavy atom. The summed E-state index contributed by atoms with van der Waals surface area (Å²) in [6.07, 6.45) is -2.44. The molecule has 0 saturated carbocycles. The topological polar surface area (TPSA) is 200 Å². The maximum atomic E-state index is 15.4. The smallest absolute Gasteiger partial charge is 0.420 e. The lowest BCUT2D eigenvalue weighted by Crippen LogP contribution is -2.57. The summed E-state index contributed by atoms with van der Waals surface area (Å²) in [5.41, 5.74) is -1.08. The number of aryl methyl sites for hydroxylation is 1. The number of pyridine rings is 1. The highest BCUT2D eigenvalue weighted by Gasteiger charge is 2.52. The van der Waals surface area contributed by atoms with Crippen molar-refractivity contribution in [1.29, 1.82) is 5.26 Å². The molecule has 78 heavy (non-hydrogen) atoms. The highest BCUT2D eigenvalue weighted by Crippen LogP contribution is 2.42. The van der Waals surface area contributed by atoms with E-state index >= 15 is 8.78 Å². The van der Waals surface area contributed by atoms with Crippen LogP contribution in [0.3, 0.4) is 0 Å². The number of aliphatic hydroxyl groups is 1. The molecule has 414 valence electrons. The number of thiazole rings is 1. The first-order chi connectivity index (χ1) is 36.9. The number of nitrogens with zero attached hydrogens (tertiary/aromatic N) is 6. The van der Waals surface area contributed by atoms with Crippen LogP contribution in [0.4, 0.5) is 33.3 Å². The Morgan fingerprint density at radius 2 is 1.63 bits per heavy atom. The average molecular weight is 1120 g/mol. The van der Waals surface area contributed by atoms with E-state index in [1.54, 1.807) is 41.1 Å². The Kier molecular flexibility index (Phi) is 18.5. The van der Waals surface area contributed by atoms with Gasteiger partial charge in [0.15, 0.2) is 16.7 Å². The van der Waals surface area contributed by atoms with Gasteiger partial charge < -0.3 is 39.8 Å². The minimum Gasteiger partial charge on any atom is -0.494 e. The third-order valence-electron chi connectivity index (χ3n) is 13.2. The number of halogens is 5. The lowest BCUT2D eigenvalue weighted by atomic mass is 9.85. The molecule has 0 bridgehead atoms. The second kappa shape index (κ2) is 24.7. The number of β-amino-alcohol motifs (C(OH)–C–C–N with tert-alkyl or cyclic N) is 1. The Hall–Kier alpha value is -7.13. The van der Waals surface area contributed by atoms with Crippen molar-refractivity contribution in [1.82, 2.24) is 25.5 Å². The molecule has 0 aliphatic carbocycles. The van der Waals surface area contributed by atoms with Crippen molar-refractivity contribution in [2.75, 3.05) is 42.8 Å². The highest BCUT2D eigenvalue weighted by atomic mass is 32.1. The number of aromatic nitrogens is 2. The number of unbranched alkanes of at least 4 members (excludes halogenated alkanes) is 2. The first-order valence-electron chi connectivity index (χ1n) is 25.1. The van der Waals surface area contributed by atoms with Gasteiger partial charge in [-0.3, -0.25) is 24.1 Å². The molecule has 3 aromatic carbocycles. The predicted molar refractivity (Wildman–Crippen MR) is 285 cm³/mol. The van der Waals surface area contributed by atoms with Crippen LogP contribution in [0.15, 0.2) is 78.4 Å². The number of thiocarbonyl (C=S) groups is 1. The van der Waals surface area contributed by atoms with Gasteiger partial charge in [-0.05, 0) is 105 Å². The van der Waals surface area contributed by atoms with E-state index in [0.29, 0.717) is 61.7 Å². The summed E-state index contributed by atoms with van der Waals surface area (Å²) in [5, 5.41) is 25.1. The molecular weight excluding hydrogens is 1060 g/mol. The summed E-state index contributed by atoms with van der Waals surface area (Å²) < 4.78 is 89.0. The van der Waals surface area contributed by atoms with Crippen LogP contribution in [0.1, 0.15) is 99.5 Å². The third-order valence-corrected chi connectivity index (χ3v) is 14.5. The third kappa shape index (κ3) is 13.4. The number of carbonyl (C=O) groups excluding carboxylic acids is 4. The summed E-state index contributed by atoms with van der Waals surface area (Å²) in [6.45, 7) is 11.6. The fraction of sp³-hybridized carbons (Fsp3) is 0.418. The van der Waals surface area contributed by atoms with E-state index in [1.807, 2.05) is 52.0 Å². The second-order valence-electron chi connectivity index (χ2n) is 20.3. The van der Waals surface area contributed by atoms with Crippen molar-refractivity contribution in [2.45, 2.75) is 110 Å². The van der Waals surface area contributed by atoms with Gasteiger partial charge in [0.2, 0.25) is 11.8 Å². The maximum Gasteiger partial charge on any atom is 0.420 e. The van der Waals surface area contributed by atoms with E-state index in [2.05, 4.69) is 20.6 Å². The van der Waals surface area contributed by atoms with Crippen molar-refractivity contribution in [2.24, 2.45) is 5.41 Å². The van der Waals surface area contributed by atoms with Crippen LogP contribution >= 0.6 is 23.6 Å². The second-order valence-corrected chi connectivity index (χ2v) is 21.5. The first-order valence-corrected chi connectivity index (χ1v) is 26.3. The van der Waals surface area contributed by atoms with E-state index in [-0.39, 0.29) is 37.7 Å². The summed E-state index contributed by atoms with van der Waals surface area (Å²) in [7, 11) is 0. The van der Waals surface area contributed by atoms with Gasteiger partial charge in [-0.2, -0.15) is 18.4 Å². The zero-order valence-electron chi connectivity index (χ0n) is 43.7. The monoisotopic (exact) mass is 1120 g/mol. The molecule has 2 aromatic heterocycles. The van der Waals surface area contributed by atoms with Crippen LogP contribution in [-0.4, -0.2) is 105 Å². The van der Waals surface area contributed by atoms with Crippen LogP contribution < -0.4 is 29.9 Å². The van der Waals surface area contributed by atoms with Crippen molar-refractivity contribution >= 4 is 63.7 Å². The van der Waals surface area contributed by atoms with Crippen molar-refractivity contribution in [3.05, 3.63) is 118 Å². The van der Waals surface area contributed by atoms with Crippen molar-refractivity contribution in [3.8, 4) is 28.1 Å². The molecule has 7 rings (SSSR count). The first kappa shape index (κ1) is 58.6. The molecule has 23 heteroatoms. The van der Waals surface area contributed by atoms with Gasteiger partial charge in [0.05, 0.1) is 64.6 Å². The number of alkyl halides is 3. The van der Waals surface area contributed by atoms with Crippen LogP contribution in [0.2, 0.25) is 0 Å². The minimum absolute atomic E-state index is 0.0324. The van der Waals surface area contributed by atoms with Gasteiger partial charge in [0.1, 0.15) is 28.9 Å². The number of likely N-dealkylation sites (tertiary alicyclic amines) is 1. The lowest BCUT2D eigenvalue weighted by molar-refractivity contribution is -0.142. The number of amides is 4. The molecule has 3 N–H and O–H groups in total. The number of hydrogen-bond acceptors (Lipinski definition) is 13. The Morgan fingerprint density at radius 1 is 0.949 bits per heavy atom. The minimum atomic E-state index is -5.24. The molecule has 2 aliphatic rings. The SMILES string of the molecule is Cc1ncsc1-c1ccc(CNC(=O)[C@@H]2C[C@@H](O)CN2C(=O)[C@@H](NC(=O)c2ccc(OCCCOCCCCCOc3ncc(N4C(=S)N(c5ccc(C#N)c(C(F)(F)F)c5F)C(=O)C4(C)C)cc3F)cc2)C(C)(C)C)cc1. The maximum absolute atomic E-state index is 15.4. The number of aliphatic hydroxyl groups excluding tert-OH is 1. The zero-order chi connectivity index (χ0) is 56.7. The fourth-order valence-corrected chi connectivity index (χ4v) is 10.3. The summed E-state index contributed by atoms with van der Waals surface area (Å²) in [5.74, 6) is -4.82. The van der Waals surface area contributed by atoms with Crippen LogP contribution in [0.5, 0.6) is 11.6 Å². The number of rotatable bonds is 21. The molecule has 16 nitrogen and oxygen atoms in total. The molecule has 2 aliphatic heterocycles. The van der Waals surface area contributed by atoms with Gasteiger partial charge in [-0.1, -0.05) is 45.0 Å². The largest absolute Gasteiger partial charge is 0.494 e. The van der Waals surface area contributed by atoms with Crippen LogP contribution in [0, 0.1) is 35.3 Å². The zero-order valence-corrected chi connectivity index (χ0v) is 45.3. The molecule has 5 aromatic rings. The Balaban J connectivity index is 0.796. The number of carbonyl (C=O) groups is 4. The van der Waals surface area contributed by atoms with Gasteiger partial charge in [0.25, 0.3) is 17.7 Å². The summed E-state index contributed by atoms with van der Waals surface area (Å²) in [6, 6.07) is 16.2. The molecule has 4 amide bonds. The molecule has 2 saturated heterocycles. The van der Waals surface area contributed by atoms with Crippen molar-refractivity contribution in [3.63, 3.8) is 0 Å². The molecule has 4 heterocycles. The molecule has 3 atom stereocenters. The molecule has 0 radical (unpaired) electrons. The number of benzene rings is 3.